The van der Waals surface area contributed by atoms with Gasteiger partial charge in [-0.1, -0.05) is 0 Å². The van der Waals surface area contributed by atoms with E-state index in [9.17, 15) is 9.00 Å². The molecule has 0 aromatic carbocycles. The molecule has 1 N–H and O–H groups in total. The molecule has 0 bridgehead atoms. The van der Waals surface area contributed by atoms with Gasteiger partial charge in [0.15, 0.2) is 0 Å². The molecule has 1 unspecified atom stereocenters. The van der Waals surface area contributed by atoms with Crippen LogP contribution in [0.2, 0.25) is 0 Å². The third-order valence-corrected chi connectivity index (χ3v) is 2.73. The van der Waals surface area contributed by atoms with Crippen LogP contribution in [-0.4, -0.2) is 66.9 Å². The van der Waals surface area contributed by atoms with E-state index in [1.54, 1.807) is 7.11 Å². The molecule has 0 amide bonds. The number of carbonyl (C=O) groups is 1. The number of carboxylic acid groups (broad SMARTS) is 1. The molecule has 0 saturated carbocycles. The highest BCUT2D eigenvalue weighted by Crippen LogP contribution is 1.85. The van der Waals surface area contributed by atoms with Crippen molar-refractivity contribution in [2.75, 3.05) is 51.6 Å². The van der Waals surface area contributed by atoms with Gasteiger partial charge in [0.1, 0.15) is 5.75 Å². The number of carboxylic acids is 1. The van der Waals surface area contributed by atoms with Gasteiger partial charge in [0.05, 0.1) is 33.0 Å². The van der Waals surface area contributed by atoms with Crippen molar-refractivity contribution in [3.63, 3.8) is 0 Å². The Bertz CT molecular complexity index is 208. The van der Waals surface area contributed by atoms with Gasteiger partial charge in [0.2, 0.25) is 0 Å². The predicted molar refractivity (Wildman–Crippen MR) is 59.0 cm³/mol. The fourth-order valence-corrected chi connectivity index (χ4v) is 1.55. The van der Waals surface area contributed by atoms with Gasteiger partial charge in [-0.05, 0) is 0 Å². The molecule has 0 aliphatic heterocycles. The van der Waals surface area contributed by atoms with Crippen molar-refractivity contribution in [3.05, 3.63) is 0 Å². The molecule has 0 fully saturated rings. The molecule has 0 rings (SSSR count). The summed E-state index contributed by atoms with van der Waals surface area (Å²) in [5.74, 6) is -1.14. The molecule has 1 atom stereocenters. The Morgan fingerprint density at radius 3 is 2.25 bits per heavy atom. The van der Waals surface area contributed by atoms with E-state index in [1.807, 2.05) is 0 Å². The van der Waals surface area contributed by atoms with E-state index < -0.39 is 16.8 Å². The summed E-state index contributed by atoms with van der Waals surface area (Å²) in [6, 6.07) is 0. The Morgan fingerprint density at radius 1 is 1.12 bits per heavy atom. The zero-order valence-electron chi connectivity index (χ0n) is 9.35. The second-order valence-corrected chi connectivity index (χ2v) is 4.48. The van der Waals surface area contributed by atoms with Gasteiger partial charge in [-0.3, -0.25) is 9.00 Å². The van der Waals surface area contributed by atoms with Crippen molar-refractivity contribution in [2.45, 2.75) is 0 Å². The third kappa shape index (κ3) is 11.6. The summed E-state index contributed by atoms with van der Waals surface area (Å²) in [4.78, 5) is 10.2. The van der Waals surface area contributed by atoms with Crippen molar-refractivity contribution >= 4 is 16.8 Å². The van der Waals surface area contributed by atoms with Crippen molar-refractivity contribution in [1.82, 2.24) is 0 Å². The van der Waals surface area contributed by atoms with Gasteiger partial charge in [-0.25, -0.2) is 0 Å². The quantitative estimate of drug-likeness (QED) is 0.501. The summed E-state index contributed by atoms with van der Waals surface area (Å²) >= 11 is 0. The first-order valence-electron chi connectivity index (χ1n) is 4.88. The maximum atomic E-state index is 11.0. The Kier molecular flexibility index (Phi) is 10.7. The molecule has 0 radical (unpaired) electrons. The van der Waals surface area contributed by atoms with Crippen molar-refractivity contribution in [1.29, 1.82) is 0 Å². The number of hydrogen-bond donors (Lipinski definition) is 1. The number of hydrogen-bond acceptors (Lipinski definition) is 5. The second kappa shape index (κ2) is 11.0. The van der Waals surface area contributed by atoms with Crippen LogP contribution in [0.5, 0.6) is 0 Å². The van der Waals surface area contributed by atoms with Gasteiger partial charge in [0.25, 0.3) is 0 Å². The van der Waals surface area contributed by atoms with E-state index in [2.05, 4.69) is 0 Å². The highest BCUT2D eigenvalue weighted by Gasteiger charge is 2.04. The van der Waals surface area contributed by atoms with Crippen LogP contribution < -0.4 is 0 Å². The van der Waals surface area contributed by atoms with Crippen LogP contribution in [0.1, 0.15) is 0 Å². The SMILES string of the molecule is COCCOCCOCCS(=O)CC(=O)O. The van der Waals surface area contributed by atoms with Crippen molar-refractivity contribution in [2.24, 2.45) is 0 Å². The summed E-state index contributed by atoms with van der Waals surface area (Å²) in [6.07, 6.45) is 0. The molecule has 7 heteroatoms. The Balaban J connectivity index is 3.14. The summed E-state index contributed by atoms with van der Waals surface area (Å²) in [5.41, 5.74) is 0. The molecule has 0 spiro atoms. The molecular formula is C9H18O6S. The second-order valence-electron chi connectivity index (χ2n) is 2.90. The summed E-state index contributed by atoms with van der Waals surface area (Å²) in [5, 5.41) is 8.34. The van der Waals surface area contributed by atoms with E-state index in [-0.39, 0.29) is 18.1 Å². The topological polar surface area (TPSA) is 82.1 Å². The zero-order valence-corrected chi connectivity index (χ0v) is 10.2. The van der Waals surface area contributed by atoms with E-state index in [4.69, 9.17) is 19.3 Å². The van der Waals surface area contributed by atoms with Crippen LogP contribution in [0.4, 0.5) is 0 Å². The largest absolute Gasteiger partial charge is 0.481 e. The van der Waals surface area contributed by atoms with Crippen LogP contribution in [0.3, 0.4) is 0 Å². The number of aliphatic carboxylic acids is 1. The van der Waals surface area contributed by atoms with Crippen LogP contribution in [0, 0.1) is 0 Å². The molecule has 0 aliphatic carbocycles. The first kappa shape index (κ1) is 15.5. The zero-order chi connectivity index (χ0) is 12.2. The van der Waals surface area contributed by atoms with Crippen molar-refractivity contribution in [3.8, 4) is 0 Å². The van der Waals surface area contributed by atoms with Gasteiger partial charge in [-0.2, -0.15) is 0 Å². The van der Waals surface area contributed by atoms with Crippen LogP contribution in [0.25, 0.3) is 0 Å². The first-order chi connectivity index (χ1) is 7.66. The van der Waals surface area contributed by atoms with Gasteiger partial charge >= 0.3 is 5.97 Å². The molecule has 16 heavy (non-hydrogen) atoms. The number of ether oxygens (including phenoxy) is 3. The number of rotatable bonds is 11. The maximum absolute atomic E-state index is 11.0. The van der Waals surface area contributed by atoms with Crippen LogP contribution in [-0.2, 0) is 29.8 Å². The molecule has 96 valence electrons. The smallest absolute Gasteiger partial charge is 0.316 e. The van der Waals surface area contributed by atoms with Gasteiger partial charge in [0, 0.05) is 23.7 Å². The lowest BCUT2D eigenvalue weighted by molar-refractivity contribution is -0.133. The lowest BCUT2D eigenvalue weighted by Gasteiger charge is -2.04. The summed E-state index contributed by atoms with van der Waals surface area (Å²) in [7, 11) is 0.249. The van der Waals surface area contributed by atoms with Crippen LogP contribution in [0.15, 0.2) is 0 Å². The highest BCUT2D eigenvalue weighted by molar-refractivity contribution is 7.85. The molecule has 6 nitrogen and oxygen atoms in total. The average molecular weight is 254 g/mol. The monoisotopic (exact) mass is 254 g/mol. The fourth-order valence-electron chi connectivity index (χ4n) is 0.826. The lowest BCUT2D eigenvalue weighted by Crippen LogP contribution is -2.16. The van der Waals surface area contributed by atoms with E-state index >= 15 is 0 Å². The van der Waals surface area contributed by atoms with Crippen molar-refractivity contribution < 1.29 is 28.3 Å². The average Bonchev–Trinajstić information content (AvgIpc) is 2.21. The Labute approximate surface area is 97.3 Å². The normalized spacial score (nSPS) is 12.6. The van der Waals surface area contributed by atoms with Gasteiger partial charge < -0.3 is 19.3 Å². The molecule has 0 saturated heterocycles. The van der Waals surface area contributed by atoms with E-state index in [0.29, 0.717) is 26.4 Å². The van der Waals surface area contributed by atoms with Crippen LogP contribution >= 0.6 is 0 Å². The summed E-state index contributed by atoms with van der Waals surface area (Å²) in [6.45, 7) is 2.21. The van der Waals surface area contributed by atoms with E-state index in [0.717, 1.165) is 0 Å². The lowest BCUT2D eigenvalue weighted by atomic mass is 10.7. The minimum atomic E-state index is -1.35. The molecule has 0 heterocycles. The predicted octanol–water partition coefficient (Wildman–Crippen LogP) is -0.501. The Hall–Kier alpha value is -0.500. The maximum Gasteiger partial charge on any atom is 0.316 e. The number of methoxy groups -OCH3 is 1. The minimum Gasteiger partial charge on any atom is -0.481 e. The fraction of sp³-hybridized carbons (Fsp3) is 0.889. The minimum absolute atomic E-state index is 0.240. The van der Waals surface area contributed by atoms with Gasteiger partial charge in [-0.15, -0.1) is 0 Å². The molecule has 0 aromatic heterocycles. The Morgan fingerprint density at radius 2 is 1.69 bits per heavy atom. The molecule has 0 aliphatic rings. The summed E-state index contributed by atoms with van der Waals surface area (Å²) < 4.78 is 26.0. The molecule has 0 aromatic rings. The standard InChI is InChI=1S/C9H18O6S/c1-13-2-3-14-4-5-15-6-7-16(12)8-9(10)11/h2-8H2,1H3,(H,10,11). The third-order valence-electron chi connectivity index (χ3n) is 1.54. The molecular weight excluding hydrogens is 236 g/mol. The van der Waals surface area contributed by atoms with E-state index in [1.165, 1.54) is 0 Å². The first-order valence-corrected chi connectivity index (χ1v) is 6.36. The highest BCUT2D eigenvalue weighted by atomic mass is 32.2.